The van der Waals surface area contributed by atoms with Crippen molar-refractivity contribution < 1.29 is 4.79 Å². The van der Waals surface area contributed by atoms with Crippen LogP contribution < -0.4 is 5.73 Å². The Labute approximate surface area is 128 Å². The largest absolute Gasteiger partial charge is 0.393 e. The molecule has 0 fully saturated rings. The first-order valence-electron chi connectivity index (χ1n) is 5.79. The summed E-state index contributed by atoms with van der Waals surface area (Å²) in [5.74, 6) is -0.0119. The number of halogens is 2. The van der Waals surface area contributed by atoms with Crippen molar-refractivity contribution in [2.75, 3.05) is 7.05 Å². The van der Waals surface area contributed by atoms with Crippen LogP contribution in [-0.4, -0.2) is 28.9 Å². The Hall–Kier alpha value is -0.840. The first kappa shape index (κ1) is 16.2. The molecule has 19 heavy (non-hydrogen) atoms. The summed E-state index contributed by atoms with van der Waals surface area (Å²) in [4.78, 5) is 14.1. The van der Waals surface area contributed by atoms with Gasteiger partial charge in [0.2, 0.25) is 5.91 Å². The van der Waals surface area contributed by atoms with Crippen LogP contribution in [0.25, 0.3) is 0 Å². The predicted molar refractivity (Wildman–Crippen MR) is 83.8 cm³/mol. The summed E-state index contributed by atoms with van der Waals surface area (Å²) in [6.07, 6.45) is 0.786. The molecule has 0 aromatic heterocycles. The quantitative estimate of drug-likeness (QED) is 0.849. The second-order valence-corrected chi connectivity index (χ2v) is 5.79. The van der Waals surface area contributed by atoms with E-state index in [0.29, 0.717) is 21.5 Å². The molecule has 0 aliphatic rings. The summed E-state index contributed by atoms with van der Waals surface area (Å²) >= 11 is 16.6. The molecule has 0 heterocycles. The lowest BCUT2D eigenvalue weighted by atomic mass is 10.1. The van der Waals surface area contributed by atoms with Crippen molar-refractivity contribution in [2.24, 2.45) is 5.73 Å². The first-order chi connectivity index (χ1) is 8.81. The summed E-state index contributed by atoms with van der Waals surface area (Å²) in [5.41, 5.74) is 6.31. The molecular weight excluding hydrogens is 303 g/mol. The number of carbonyl (C=O) groups is 1. The normalized spacial score (nSPS) is 12.0. The SMILES string of the molecule is CC(CC(N)=S)N(C)C(=O)Cc1ccc(Cl)c(Cl)c1. The zero-order valence-electron chi connectivity index (χ0n) is 10.8. The minimum Gasteiger partial charge on any atom is -0.393 e. The van der Waals surface area contributed by atoms with Gasteiger partial charge in [-0.1, -0.05) is 41.5 Å². The number of likely N-dealkylation sites (N-methyl/N-ethyl adjacent to an activating group) is 1. The fourth-order valence-corrected chi connectivity index (χ4v) is 2.18. The number of amides is 1. The molecule has 0 saturated carbocycles. The highest BCUT2D eigenvalue weighted by molar-refractivity contribution is 7.80. The summed E-state index contributed by atoms with van der Waals surface area (Å²) in [6, 6.07) is 5.16. The van der Waals surface area contributed by atoms with E-state index in [1.54, 1.807) is 30.1 Å². The Morgan fingerprint density at radius 1 is 1.42 bits per heavy atom. The van der Waals surface area contributed by atoms with E-state index in [0.717, 1.165) is 5.56 Å². The zero-order chi connectivity index (χ0) is 14.6. The van der Waals surface area contributed by atoms with Crippen molar-refractivity contribution in [1.82, 2.24) is 4.90 Å². The van der Waals surface area contributed by atoms with Gasteiger partial charge in [-0.2, -0.15) is 0 Å². The fraction of sp³-hybridized carbons (Fsp3) is 0.385. The highest BCUT2D eigenvalue weighted by Gasteiger charge is 2.17. The predicted octanol–water partition coefficient (Wildman–Crippen LogP) is 3.06. The van der Waals surface area contributed by atoms with E-state index in [-0.39, 0.29) is 18.4 Å². The van der Waals surface area contributed by atoms with Crippen molar-refractivity contribution in [1.29, 1.82) is 0 Å². The molecule has 0 saturated heterocycles. The smallest absolute Gasteiger partial charge is 0.226 e. The van der Waals surface area contributed by atoms with E-state index in [4.69, 9.17) is 41.2 Å². The maximum atomic E-state index is 12.1. The summed E-state index contributed by atoms with van der Waals surface area (Å²) in [6.45, 7) is 1.91. The minimum atomic E-state index is -0.0206. The Morgan fingerprint density at radius 2 is 2.05 bits per heavy atom. The van der Waals surface area contributed by atoms with Gasteiger partial charge in [-0.3, -0.25) is 4.79 Å². The number of nitrogens with two attached hydrogens (primary N) is 1. The van der Waals surface area contributed by atoms with Gasteiger partial charge in [-0.25, -0.2) is 0 Å². The molecule has 1 atom stereocenters. The van der Waals surface area contributed by atoms with E-state index < -0.39 is 0 Å². The third kappa shape index (κ3) is 4.97. The van der Waals surface area contributed by atoms with Crippen LogP contribution in [0.5, 0.6) is 0 Å². The first-order valence-corrected chi connectivity index (χ1v) is 6.95. The van der Waals surface area contributed by atoms with Gasteiger partial charge >= 0.3 is 0 Å². The molecule has 0 spiro atoms. The monoisotopic (exact) mass is 318 g/mol. The van der Waals surface area contributed by atoms with Gasteiger partial charge in [0, 0.05) is 19.5 Å². The average molecular weight is 319 g/mol. The van der Waals surface area contributed by atoms with E-state index in [1.807, 2.05) is 6.92 Å². The van der Waals surface area contributed by atoms with Crippen LogP contribution in [0.2, 0.25) is 10.0 Å². The summed E-state index contributed by atoms with van der Waals surface area (Å²) < 4.78 is 0. The number of carbonyl (C=O) groups excluding carboxylic acids is 1. The number of nitrogens with zero attached hydrogens (tertiary/aromatic N) is 1. The molecule has 0 aliphatic heterocycles. The number of rotatable bonds is 5. The van der Waals surface area contributed by atoms with E-state index in [2.05, 4.69) is 0 Å². The van der Waals surface area contributed by atoms with Crippen LogP contribution in [0.3, 0.4) is 0 Å². The average Bonchev–Trinajstić information content (AvgIpc) is 2.32. The van der Waals surface area contributed by atoms with Crippen LogP contribution >= 0.6 is 35.4 Å². The molecular formula is C13H16Cl2N2OS. The molecule has 1 amide bonds. The highest BCUT2D eigenvalue weighted by atomic mass is 35.5. The maximum Gasteiger partial charge on any atom is 0.226 e. The number of hydrogen-bond donors (Lipinski definition) is 1. The van der Waals surface area contributed by atoms with Crippen LogP contribution in [0.15, 0.2) is 18.2 Å². The van der Waals surface area contributed by atoms with Crippen molar-refractivity contribution in [3.63, 3.8) is 0 Å². The number of benzene rings is 1. The maximum absolute atomic E-state index is 12.1. The molecule has 1 aromatic rings. The molecule has 0 bridgehead atoms. The van der Waals surface area contributed by atoms with E-state index >= 15 is 0 Å². The van der Waals surface area contributed by atoms with Gasteiger partial charge < -0.3 is 10.6 Å². The molecule has 3 nitrogen and oxygen atoms in total. The van der Waals surface area contributed by atoms with Gasteiger partial charge in [-0.05, 0) is 24.6 Å². The fourth-order valence-electron chi connectivity index (χ4n) is 1.62. The van der Waals surface area contributed by atoms with Crippen LogP contribution in [0, 0.1) is 0 Å². The highest BCUT2D eigenvalue weighted by Crippen LogP contribution is 2.23. The van der Waals surface area contributed by atoms with Gasteiger partial charge in [0.05, 0.1) is 21.5 Å². The number of hydrogen-bond acceptors (Lipinski definition) is 2. The van der Waals surface area contributed by atoms with Crippen molar-refractivity contribution in [2.45, 2.75) is 25.8 Å². The molecule has 2 N–H and O–H groups in total. The van der Waals surface area contributed by atoms with Crippen LogP contribution in [-0.2, 0) is 11.2 Å². The third-order valence-electron chi connectivity index (χ3n) is 2.89. The Kier molecular flexibility index (Phi) is 6.04. The van der Waals surface area contributed by atoms with Crippen molar-refractivity contribution >= 4 is 46.3 Å². The summed E-state index contributed by atoms with van der Waals surface area (Å²) in [7, 11) is 1.74. The second kappa shape index (κ2) is 7.08. The van der Waals surface area contributed by atoms with E-state index in [1.165, 1.54) is 0 Å². The summed E-state index contributed by atoms with van der Waals surface area (Å²) in [5, 5.41) is 0.930. The zero-order valence-corrected chi connectivity index (χ0v) is 13.1. The molecule has 1 unspecified atom stereocenters. The van der Waals surface area contributed by atoms with Gasteiger partial charge in [-0.15, -0.1) is 0 Å². The lowest BCUT2D eigenvalue weighted by Crippen LogP contribution is -2.38. The topological polar surface area (TPSA) is 46.3 Å². The molecule has 0 aliphatic carbocycles. The van der Waals surface area contributed by atoms with Crippen LogP contribution in [0.4, 0.5) is 0 Å². The van der Waals surface area contributed by atoms with Gasteiger partial charge in [0.25, 0.3) is 0 Å². The second-order valence-electron chi connectivity index (χ2n) is 4.45. The lowest BCUT2D eigenvalue weighted by Gasteiger charge is -2.24. The van der Waals surface area contributed by atoms with Crippen molar-refractivity contribution in [3.8, 4) is 0 Å². The standard InChI is InChI=1S/C13H16Cl2N2OS/c1-8(5-12(16)19)17(2)13(18)7-9-3-4-10(14)11(15)6-9/h3-4,6,8H,5,7H2,1-2H3,(H2,16,19). The number of thiocarbonyl (C=S) groups is 1. The van der Waals surface area contributed by atoms with Gasteiger partial charge in [0.1, 0.15) is 0 Å². The Bertz CT molecular complexity index is 494. The molecule has 104 valence electrons. The Balaban J connectivity index is 2.68. The Morgan fingerprint density at radius 3 is 2.58 bits per heavy atom. The molecule has 1 aromatic carbocycles. The molecule has 6 heteroatoms. The molecule has 1 rings (SSSR count). The minimum absolute atomic E-state index is 0.0119. The van der Waals surface area contributed by atoms with Gasteiger partial charge in [0.15, 0.2) is 0 Å². The van der Waals surface area contributed by atoms with Crippen LogP contribution in [0.1, 0.15) is 18.9 Å². The van der Waals surface area contributed by atoms with E-state index in [9.17, 15) is 4.79 Å². The van der Waals surface area contributed by atoms with Crippen molar-refractivity contribution in [3.05, 3.63) is 33.8 Å². The lowest BCUT2D eigenvalue weighted by molar-refractivity contribution is -0.130. The third-order valence-corrected chi connectivity index (χ3v) is 3.80. The molecule has 0 radical (unpaired) electrons.